The largest absolute Gasteiger partial charge is 0.497 e. The number of rotatable bonds is 7. The molecule has 6 nitrogen and oxygen atoms in total. The van der Waals surface area contributed by atoms with Crippen LogP contribution in [0.1, 0.15) is 18.9 Å². The standard InChI is InChI=1S/C14H19NO5/c1-9(6-14(17)18)15-13(16)7-10-4-5-11(19-2)8-12(10)20-3/h4-5,8-9H,6-7H2,1-3H3,(H,15,16)(H,17,18). The molecule has 0 fully saturated rings. The molecule has 1 unspecified atom stereocenters. The molecule has 0 aliphatic heterocycles. The first-order chi connectivity index (χ1) is 9.46. The van der Waals surface area contributed by atoms with Crippen LogP contribution in [-0.4, -0.2) is 37.2 Å². The van der Waals surface area contributed by atoms with Crippen LogP contribution in [0.4, 0.5) is 0 Å². The first kappa shape index (κ1) is 15.8. The second-order valence-corrected chi connectivity index (χ2v) is 4.42. The maximum atomic E-state index is 11.8. The van der Waals surface area contributed by atoms with Gasteiger partial charge in [0.25, 0.3) is 0 Å². The van der Waals surface area contributed by atoms with Crippen LogP contribution in [0.15, 0.2) is 18.2 Å². The number of nitrogens with one attached hydrogen (secondary N) is 1. The van der Waals surface area contributed by atoms with Gasteiger partial charge in [-0.1, -0.05) is 6.07 Å². The molecule has 0 aliphatic carbocycles. The summed E-state index contributed by atoms with van der Waals surface area (Å²) in [5.41, 5.74) is 0.716. The minimum Gasteiger partial charge on any atom is -0.497 e. The van der Waals surface area contributed by atoms with Crippen LogP contribution in [0, 0.1) is 0 Å². The molecule has 1 atom stereocenters. The van der Waals surface area contributed by atoms with Crippen LogP contribution in [-0.2, 0) is 16.0 Å². The summed E-state index contributed by atoms with van der Waals surface area (Å²) in [5, 5.41) is 11.3. The van der Waals surface area contributed by atoms with Gasteiger partial charge in [0.15, 0.2) is 0 Å². The fourth-order valence-corrected chi connectivity index (χ4v) is 1.81. The van der Waals surface area contributed by atoms with Gasteiger partial charge in [0.05, 0.1) is 27.1 Å². The first-order valence-electron chi connectivity index (χ1n) is 6.18. The van der Waals surface area contributed by atoms with Crippen molar-refractivity contribution in [3.63, 3.8) is 0 Å². The highest BCUT2D eigenvalue weighted by molar-refractivity contribution is 5.80. The Bertz CT molecular complexity index is 486. The van der Waals surface area contributed by atoms with E-state index in [2.05, 4.69) is 5.32 Å². The lowest BCUT2D eigenvalue weighted by atomic mass is 10.1. The van der Waals surface area contributed by atoms with E-state index in [0.717, 1.165) is 0 Å². The van der Waals surface area contributed by atoms with Gasteiger partial charge in [0.2, 0.25) is 5.91 Å². The Balaban J connectivity index is 2.68. The molecule has 1 aromatic carbocycles. The van der Waals surface area contributed by atoms with E-state index >= 15 is 0 Å². The monoisotopic (exact) mass is 281 g/mol. The zero-order chi connectivity index (χ0) is 15.1. The number of aliphatic carboxylic acids is 1. The van der Waals surface area contributed by atoms with Crippen molar-refractivity contribution in [2.45, 2.75) is 25.8 Å². The summed E-state index contributed by atoms with van der Waals surface area (Å²) in [7, 11) is 3.07. The van der Waals surface area contributed by atoms with Crippen LogP contribution in [0.2, 0.25) is 0 Å². The van der Waals surface area contributed by atoms with Crippen molar-refractivity contribution in [3.05, 3.63) is 23.8 Å². The molecule has 0 aromatic heterocycles. The van der Waals surface area contributed by atoms with Gasteiger partial charge in [0, 0.05) is 17.7 Å². The lowest BCUT2D eigenvalue weighted by molar-refractivity contribution is -0.137. The van der Waals surface area contributed by atoms with E-state index in [1.807, 2.05) is 0 Å². The summed E-state index contributed by atoms with van der Waals surface area (Å²) in [6, 6.07) is 4.78. The van der Waals surface area contributed by atoms with E-state index in [0.29, 0.717) is 17.1 Å². The molecule has 0 spiro atoms. The molecule has 0 saturated heterocycles. The minimum absolute atomic E-state index is 0.106. The highest BCUT2D eigenvalue weighted by atomic mass is 16.5. The molecule has 1 rings (SSSR count). The predicted octanol–water partition coefficient (Wildman–Crippen LogP) is 1.23. The molecule has 1 amide bonds. The summed E-state index contributed by atoms with van der Waals surface area (Å²) in [4.78, 5) is 22.4. The zero-order valence-corrected chi connectivity index (χ0v) is 11.8. The fourth-order valence-electron chi connectivity index (χ4n) is 1.81. The van der Waals surface area contributed by atoms with Gasteiger partial charge in [0.1, 0.15) is 11.5 Å². The minimum atomic E-state index is -0.945. The molecule has 6 heteroatoms. The highest BCUT2D eigenvalue weighted by Gasteiger charge is 2.14. The van der Waals surface area contributed by atoms with Gasteiger partial charge in [-0.2, -0.15) is 0 Å². The average Bonchev–Trinajstić information content (AvgIpc) is 2.37. The van der Waals surface area contributed by atoms with Crippen LogP contribution in [0.25, 0.3) is 0 Å². The van der Waals surface area contributed by atoms with Crippen molar-refractivity contribution in [2.75, 3.05) is 14.2 Å². The number of carbonyl (C=O) groups excluding carboxylic acids is 1. The maximum Gasteiger partial charge on any atom is 0.305 e. The SMILES string of the molecule is COc1ccc(CC(=O)NC(C)CC(=O)O)c(OC)c1. The normalized spacial score (nSPS) is 11.6. The lowest BCUT2D eigenvalue weighted by Crippen LogP contribution is -2.35. The van der Waals surface area contributed by atoms with E-state index in [4.69, 9.17) is 14.6 Å². The van der Waals surface area contributed by atoms with Gasteiger partial charge in [-0.05, 0) is 13.0 Å². The molecular formula is C14H19NO5. The highest BCUT2D eigenvalue weighted by Crippen LogP contribution is 2.24. The van der Waals surface area contributed by atoms with Crippen molar-refractivity contribution >= 4 is 11.9 Å². The third-order valence-electron chi connectivity index (χ3n) is 2.73. The Hall–Kier alpha value is -2.24. The summed E-state index contributed by atoms with van der Waals surface area (Å²) >= 11 is 0. The Morgan fingerprint density at radius 3 is 2.55 bits per heavy atom. The van der Waals surface area contributed by atoms with E-state index < -0.39 is 12.0 Å². The summed E-state index contributed by atoms with van der Waals surface area (Å²) in [6.07, 6.45) is 0.0165. The molecular weight excluding hydrogens is 262 g/mol. The number of hydrogen-bond acceptors (Lipinski definition) is 4. The smallest absolute Gasteiger partial charge is 0.305 e. The number of carbonyl (C=O) groups is 2. The number of ether oxygens (including phenoxy) is 2. The Morgan fingerprint density at radius 2 is 2.00 bits per heavy atom. The van der Waals surface area contributed by atoms with Crippen molar-refractivity contribution in [1.29, 1.82) is 0 Å². The van der Waals surface area contributed by atoms with Gasteiger partial charge in [-0.25, -0.2) is 0 Å². The van der Waals surface area contributed by atoms with E-state index in [1.54, 1.807) is 32.2 Å². The zero-order valence-electron chi connectivity index (χ0n) is 11.8. The predicted molar refractivity (Wildman–Crippen MR) is 73.1 cm³/mol. The number of benzene rings is 1. The molecule has 0 saturated carbocycles. The number of hydrogen-bond donors (Lipinski definition) is 2. The molecule has 110 valence electrons. The molecule has 0 heterocycles. The van der Waals surface area contributed by atoms with E-state index in [1.165, 1.54) is 7.11 Å². The number of methoxy groups -OCH3 is 2. The van der Waals surface area contributed by atoms with Crippen LogP contribution in [0.3, 0.4) is 0 Å². The van der Waals surface area contributed by atoms with Crippen molar-refractivity contribution in [2.24, 2.45) is 0 Å². The third-order valence-corrected chi connectivity index (χ3v) is 2.73. The summed E-state index contributed by atoms with van der Waals surface area (Å²) in [5.74, 6) is 0.0117. The summed E-state index contributed by atoms with van der Waals surface area (Å²) < 4.78 is 10.3. The van der Waals surface area contributed by atoms with Crippen LogP contribution >= 0.6 is 0 Å². The molecule has 20 heavy (non-hydrogen) atoms. The van der Waals surface area contributed by atoms with E-state index in [9.17, 15) is 9.59 Å². The van der Waals surface area contributed by atoms with Crippen LogP contribution < -0.4 is 14.8 Å². The van der Waals surface area contributed by atoms with Gasteiger partial charge in [-0.3, -0.25) is 9.59 Å². The number of amides is 1. The number of carboxylic acids is 1. The van der Waals surface area contributed by atoms with Gasteiger partial charge in [-0.15, -0.1) is 0 Å². The third kappa shape index (κ3) is 4.79. The van der Waals surface area contributed by atoms with Crippen LogP contribution in [0.5, 0.6) is 11.5 Å². The Morgan fingerprint density at radius 1 is 1.30 bits per heavy atom. The molecule has 1 aromatic rings. The molecule has 2 N–H and O–H groups in total. The number of carboxylic acid groups (broad SMARTS) is 1. The quantitative estimate of drug-likeness (QED) is 0.785. The van der Waals surface area contributed by atoms with Gasteiger partial charge >= 0.3 is 5.97 Å². The van der Waals surface area contributed by atoms with Gasteiger partial charge < -0.3 is 19.9 Å². The average molecular weight is 281 g/mol. The second-order valence-electron chi connectivity index (χ2n) is 4.42. The van der Waals surface area contributed by atoms with Crippen molar-refractivity contribution in [1.82, 2.24) is 5.32 Å². The second kappa shape index (κ2) is 7.37. The molecule has 0 bridgehead atoms. The molecule has 0 radical (unpaired) electrons. The molecule has 0 aliphatic rings. The van der Waals surface area contributed by atoms with Crippen molar-refractivity contribution in [3.8, 4) is 11.5 Å². The summed E-state index contributed by atoms with van der Waals surface area (Å²) in [6.45, 7) is 1.65. The Kier molecular flexibility index (Phi) is 5.83. The lowest BCUT2D eigenvalue weighted by Gasteiger charge is -2.13. The topological polar surface area (TPSA) is 84.9 Å². The first-order valence-corrected chi connectivity index (χ1v) is 6.18. The van der Waals surface area contributed by atoms with E-state index in [-0.39, 0.29) is 18.7 Å². The fraction of sp³-hybridized carbons (Fsp3) is 0.429. The van der Waals surface area contributed by atoms with Crippen molar-refractivity contribution < 1.29 is 24.2 Å². The maximum absolute atomic E-state index is 11.8. The Labute approximate surface area is 117 Å².